The highest BCUT2D eigenvalue weighted by Gasteiger charge is 2.22. The lowest BCUT2D eigenvalue weighted by molar-refractivity contribution is -0.161. The van der Waals surface area contributed by atoms with Crippen molar-refractivity contribution >= 4 is 19.8 Å². The van der Waals surface area contributed by atoms with E-state index < -0.39 is 32.5 Å². The molecular formula is C34H61O8P. The Hall–Kier alpha value is -1.73. The van der Waals surface area contributed by atoms with Crippen LogP contribution in [0.25, 0.3) is 0 Å². The van der Waals surface area contributed by atoms with Gasteiger partial charge in [-0.2, -0.15) is 0 Å². The third kappa shape index (κ3) is 33.0. The van der Waals surface area contributed by atoms with Crippen molar-refractivity contribution in [1.29, 1.82) is 0 Å². The first-order valence-electron chi connectivity index (χ1n) is 16.8. The molecule has 0 radical (unpaired) electrons. The Morgan fingerprint density at radius 3 is 1.63 bits per heavy atom. The summed E-state index contributed by atoms with van der Waals surface area (Å²) in [4.78, 5) is 42.3. The van der Waals surface area contributed by atoms with Crippen molar-refractivity contribution in [2.45, 2.75) is 155 Å². The maximum Gasteiger partial charge on any atom is 0.469 e. The maximum atomic E-state index is 12.2. The number of rotatable bonds is 30. The van der Waals surface area contributed by atoms with Crippen molar-refractivity contribution in [3.8, 4) is 0 Å². The average Bonchev–Trinajstić information content (AvgIpc) is 2.97. The molecule has 0 amide bonds. The van der Waals surface area contributed by atoms with Gasteiger partial charge in [-0.3, -0.25) is 14.1 Å². The molecular weight excluding hydrogens is 567 g/mol. The van der Waals surface area contributed by atoms with E-state index in [9.17, 15) is 14.2 Å². The number of hydrogen-bond acceptors (Lipinski definition) is 6. The van der Waals surface area contributed by atoms with Gasteiger partial charge in [0.15, 0.2) is 6.10 Å². The predicted molar refractivity (Wildman–Crippen MR) is 175 cm³/mol. The largest absolute Gasteiger partial charge is 0.469 e. The number of phosphoric acid groups is 1. The van der Waals surface area contributed by atoms with Crippen LogP contribution in [0.4, 0.5) is 0 Å². The number of carbonyl (C=O) groups is 2. The lowest BCUT2D eigenvalue weighted by Crippen LogP contribution is -2.29. The summed E-state index contributed by atoms with van der Waals surface area (Å²) in [6.07, 6.45) is 33.2. The molecule has 0 spiro atoms. The predicted octanol–water partition coefficient (Wildman–Crippen LogP) is 9.45. The fourth-order valence-electron chi connectivity index (χ4n) is 4.39. The number of phosphoric ester groups is 1. The molecule has 0 aromatic heterocycles. The highest BCUT2D eigenvalue weighted by molar-refractivity contribution is 7.46. The molecule has 0 rings (SSSR count). The van der Waals surface area contributed by atoms with Gasteiger partial charge in [0.05, 0.1) is 6.61 Å². The molecule has 0 unspecified atom stereocenters. The summed E-state index contributed by atoms with van der Waals surface area (Å²) in [5.41, 5.74) is 0. The Bertz CT molecular complexity index is 802. The molecule has 0 aliphatic rings. The van der Waals surface area contributed by atoms with E-state index in [1.807, 2.05) is 6.08 Å². The van der Waals surface area contributed by atoms with Crippen molar-refractivity contribution in [3.05, 3.63) is 36.5 Å². The Morgan fingerprint density at radius 2 is 1.07 bits per heavy atom. The second kappa shape index (κ2) is 30.3. The number of ether oxygens (including phenoxy) is 2. The molecule has 0 aliphatic carbocycles. The Balaban J connectivity index is 4.07. The fraction of sp³-hybridized carbons (Fsp3) is 0.765. The summed E-state index contributed by atoms with van der Waals surface area (Å²) in [6, 6.07) is 0. The number of unbranched alkanes of at least 4 members (excludes halogenated alkanes) is 14. The molecule has 0 saturated heterocycles. The molecule has 43 heavy (non-hydrogen) atoms. The molecule has 8 nitrogen and oxygen atoms in total. The summed E-state index contributed by atoms with van der Waals surface area (Å²) < 4.78 is 26.1. The van der Waals surface area contributed by atoms with Crippen LogP contribution < -0.4 is 0 Å². The summed E-state index contributed by atoms with van der Waals surface area (Å²) in [7, 11) is -4.75. The average molecular weight is 629 g/mol. The Kier molecular flexibility index (Phi) is 29.1. The van der Waals surface area contributed by atoms with E-state index in [1.54, 1.807) is 0 Å². The summed E-state index contributed by atoms with van der Waals surface area (Å²) >= 11 is 0. The molecule has 0 aliphatic heterocycles. The van der Waals surface area contributed by atoms with Gasteiger partial charge in [-0.25, -0.2) is 4.57 Å². The van der Waals surface area contributed by atoms with Gasteiger partial charge in [0.25, 0.3) is 0 Å². The first-order chi connectivity index (χ1) is 20.8. The highest BCUT2D eigenvalue weighted by Crippen LogP contribution is 2.35. The van der Waals surface area contributed by atoms with E-state index in [2.05, 4.69) is 48.8 Å². The van der Waals surface area contributed by atoms with E-state index in [1.165, 1.54) is 64.2 Å². The van der Waals surface area contributed by atoms with Crippen LogP contribution in [0.1, 0.15) is 149 Å². The Labute approximate surface area is 262 Å². The quantitative estimate of drug-likeness (QED) is 0.0349. The van der Waals surface area contributed by atoms with Crippen LogP contribution >= 0.6 is 7.82 Å². The third-order valence-electron chi connectivity index (χ3n) is 6.91. The van der Waals surface area contributed by atoms with Crippen molar-refractivity contribution in [3.63, 3.8) is 0 Å². The minimum atomic E-state index is -4.75. The van der Waals surface area contributed by atoms with Gasteiger partial charge in [-0.15, -0.1) is 0 Å². The second-order valence-electron chi connectivity index (χ2n) is 11.1. The molecule has 2 N–H and O–H groups in total. The minimum Gasteiger partial charge on any atom is -0.462 e. The lowest BCUT2D eigenvalue weighted by atomic mass is 10.1. The van der Waals surface area contributed by atoms with Gasteiger partial charge < -0.3 is 19.3 Å². The van der Waals surface area contributed by atoms with Gasteiger partial charge >= 0.3 is 19.8 Å². The Morgan fingerprint density at radius 1 is 0.605 bits per heavy atom. The third-order valence-corrected chi connectivity index (χ3v) is 7.40. The number of hydrogen-bond donors (Lipinski definition) is 2. The topological polar surface area (TPSA) is 119 Å². The summed E-state index contributed by atoms with van der Waals surface area (Å²) in [6.45, 7) is 3.56. The van der Waals surface area contributed by atoms with Gasteiger partial charge in [0.1, 0.15) is 6.61 Å². The smallest absolute Gasteiger partial charge is 0.462 e. The molecule has 0 aromatic carbocycles. The van der Waals surface area contributed by atoms with E-state index in [4.69, 9.17) is 19.3 Å². The van der Waals surface area contributed by atoms with Crippen LogP contribution in [0, 0.1) is 0 Å². The number of allylic oxidation sites excluding steroid dienone is 6. The zero-order chi connectivity index (χ0) is 31.9. The van der Waals surface area contributed by atoms with Gasteiger partial charge in [0, 0.05) is 12.8 Å². The van der Waals surface area contributed by atoms with Crippen LogP contribution in [-0.2, 0) is 28.2 Å². The molecule has 0 fully saturated rings. The molecule has 0 aromatic rings. The van der Waals surface area contributed by atoms with Crippen LogP contribution in [0.5, 0.6) is 0 Å². The highest BCUT2D eigenvalue weighted by atomic mass is 31.2. The second-order valence-corrected chi connectivity index (χ2v) is 12.4. The van der Waals surface area contributed by atoms with Crippen LogP contribution in [0.2, 0.25) is 0 Å². The van der Waals surface area contributed by atoms with Crippen molar-refractivity contribution in [2.24, 2.45) is 0 Å². The fourth-order valence-corrected chi connectivity index (χ4v) is 4.75. The number of carbonyl (C=O) groups excluding carboxylic acids is 2. The van der Waals surface area contributed by atoms with Crippen LogP contribution in [0.15, 0.2) is 36.5 Å². The first-order valence-corrected chi connectivity index (χ1v) is 18.3. The SMILES string of the molecule is CCCCCCCC/C=C/C/C=C/C/C=C/CCCC(=O)OC[C@H](COP(=O)(O)O)OC(=O)CCCCCCCCCC. The zero-order valence-corrected chi connectivity index (χ0v) is 28.0. The molecule has 0 saturated carbocycles. The molecule has 9 heteroatoms. The first kappa shape index (κ1) is 41.3. The van der Waals surface area contributed by atoms with Gasteiger partial charge in [-0.05, 0) is 44.9 Å². The van der Waals surface area contributed by atoms with Crippen LogP contribution in [0.3, 0.4) is 0 Å². The number of esters is 2. The molecule has 0 bridgehead atoms. The monoisotopic (exact) mass is 628 g/mol. The molecule has 250 valence electrons. The van der Waals surface area contributed by atoms with Gasteiger partial charge in [-0.1, -0.05) is 127 Å². The van der Waals surface area contributed by atoms with Gasteiger partial charge in [0.2, 0.25) is 0 Å². The normalized spacial score (nSPS) is 12.9. The van der Waals surface area contributed by atoms with E-state index in [-0.39, 0.29) is 19.4 Å². The zero-order valence-electron chi connectivity index (χ0n) is 27.1. The van der Waals surface area contributed by atoms with Crippen molar-refractivity contribution in [2.75, 3.05) is 13.2 Å². The van der Waals surface area contributed by atoms with Crippen LogP contribution in [-0.4, -0.2) is 41.0 Å². The van der Waals surface area contributed by atoms with E-state index >= 15 is 0 Å². The standard InChI is InChI=1S/C34H61O8P/c1-3-5-7-9-11-13-14-15-16-17-18-19-20-21-23-24-26-28-33(35)40-30-32(31-41-43(37,38)39)42-34(36)29-27-25-22-12-10-8-6-4-2/h15-16,18-19,21,23,32H,3-14,17,20,22,24-31H2,1-2H3,(H2,37,38,39)/b16-15+,19-18+,23-21+/t32-/m1/s1. The maximum absolute atomic E-state index is 12.2. The summed E-state index contributed by atoms with van der Waals surface area (Å²) in [5, 5.41) is 0. The van der Waals surface area contributed by atoms with Crippen molar-refractivity contribution < 1.29 is 37.9 Å². The lowest BCUT2D eigenvalue weighted by Gasteiger charge is -2.18. The molecule has 0 heterocycles. The van der Waals surface area contributed by atoms with Crippen molar-refractivity contribution in [1.82, 2.24) is 0 Å². The summed E-state index contributed by atoms with van der Waals surface area (Å²) in [5.74, 6) is -0.953. The van der Waals surface area contributed by atoms with E-state index in [0.29, 0.717) is 12.8 Å². The molecule has 1 atom stereocenters. The minimum absolute atomic E-state index is 0.196. The van der Waals surface area contributed by atoms with E-state index in [0.717, 1.165) is 44.9 Å².